The molecule has 0 atom stereocenters. The molecule has 8 heteroatoms. The van der Waals surface area contributed by atoms with E-state index in [0.29, 0.717) is 18.5 Å². The van der Waals surface area contributed by atoms with Gasteiger partial charge in [0.2, 0.25) is 11.8 Å². The summed E-state index contributed by atoms with van der Waals surface area (Å²) in [5.74, 6) is -0.810. The highest BCUT2D eigenvalue weighted by atomic mass is 19.4. The molecule has 4 nitrogen and oxygen atoms in total. The third-order valence-electron chi connectivity index (χ3n) is 4.39. The van der Waals surface area contributed by atoms with Crippen molar-refractivity contribution in [2.24, 2.45) is 0 Å². The first kappa shape index (κ1) is 18.4. The van der Waals surface area contributed by atoms with Crippen LogP contribution in [0.3, 0.4) is 0 Å². The number of anilines is 2. The van der Waals surface area contributed by atoms with Gasteiger partial charge in [-0.25, -0.2) is 9.37 Å². The predicted molar refractivity (Wildman–Crippen MR) is 89.0 cm³/mol. The summed E-state index contributed by atoms with van der Waals surface area (Å²) >= 11 is 0. The maximum atomic E-state index is 13.3. The molecule has 1 aliphatic rings. The van der Waals surface area contributed by atoms with E-state index in [9.17, 15) is 17.6 Å². The van der Waals surface area contributed by atoms with Crippen LogP contribution in [0.1, 0.15) is 37.7 Å². The molecule has 2 aromatic rings. The molecule has 1 saturated carbocycles. The lowest BCUT2D eigenvalue weighted by Gasteiger charge is -2.25. The quantitative estimate of drug-likeness (QED) is 0.702. The van der Waals surface area contributed by atoms with Crippen LogP contribution in [0, 0.1) is 5.82 Å². The van der Waals surface area contributed by atoms with Crippen LogP contribution in [0.15, 0.2) is 30.5 Å². The van der Waals surface area contributed by atoms with Gasteiger partial charge in [-0.2, -0.15) is 18.2 Å². The number of halogens is 4. The molecule has 140 valence electrons. The maximum Gasteiger partial charge on any atom is 0.423 e. The summed E-state index contributed by atoms with van der Waals surface area (Å²) in [6.07, 6.45) is 0.211. The van der Waals surface area contributed by atoms with Gasteiger partial charge in [0.25, 0.3) is 0 Å². The van der Waals surface area contributed by atoms with Crippen molar-refractivity contribution in [3.63, 3.8) is 0 Å². The van der Waals surface area contributed by atoms with E-state index in [-0.39, 0.29) is 12.1 Å². The molecule has 1 fully saturated rings. The van der Waals surface area contributed by atoms with E-state index in [1.165, 1.54) is 29.2 Å². The average Bonchev–Trinajstić information content (AvgIpc) is 2.61. The zero-order valence-electron chi connectivity index (χ0n) is 14.3. The summed E-state index contributed by atoms with van der Waals surface area (Å²) < 4.78 is 58.5. The summed E-state index contributed by atoms with van der Waals surface area (Å²) in [5, 5.41) is 0. The molecule has 0 aliphatic heterocycles. The minimum absolute atomic E-state index is 0.0513. The molecular weight excluding hydrogens is 350 g/mol. The number of hydrogen-bond donors (Lipinski definition) is 0. The Bertz CT molecular complexity index is 743. The van der Waals surface area contributed by atoms with Crippen molar-refractivity contribution in [1.29, 1.82) is 0 Å². The molecule has 0 N–H and O–H groups in total. The highest BCUT2D eigenvalue weighted by Crippen LogP contribution is 2.37. The first-order valence-corrected chi connectivity index (χ1v) is 8.45. The third-order valence-corrected chi connectivity index (χ3v) is 4.39. The van der Waals surface area contributed by atoms with Gasteiger partial charge >= 0.3 is 6.18 Å². The Morgan fingerprint density at radius 3 is 2.35 bits per heavy atom. The lowest BCUT2D eigenvalue weighted by Crippen LogP contribution is -2.23. The molecular formula is C18H19F4N3O. The third kappa shape index (κ3) is 4.23. The van der Waals surface area contributed by atoms with E-state index in [2.05, 4.69) is 9.97 Å². The Hall–Kier alpha value is -2.38. The van der Waals surface area contributed by atoms with Crippen molar-refractivity contribution in [2.75, 3.05) is 11.9 Å². The Balaban J connectivity index is 1.91. The molecule has 1 heterocycles. The largest absolute Gasteiger partial charge is 0.474 e. The second kappa shape index (κ2) is 7.47. The van der Waals surface area contributed by atoms with Crippen molar-refractivity contribution in [1.82, 2.24) is 9.97 Å². The summed E-state index contributed by atoms with van der Waals surface area (Å²) in [5.41, 5.74) is -0.436. The number of rotatable bonds is 4. The fraction of sp³-hybridized carbons (Fsp3) is 0.444. The Morgan fingerprint density at radius 1 is 1.08 bits per heavy atom. The van der Waals surface area contributed by atoms with E-state index in [1.807, 2.05) is 0 Å². The van der Waals surface area contributed by atoms with Gasteiger partial charge < -0.3 is 9.64 Å². The molecule has 1 aromatic carbocycles. The second-order valence-corrected chi connectivity index (χ2v) is 6.30. The van der Waals surface area contributed by atoms with Gasteiger partial charge in [-0.3, -0.25) is 0 Å². The SMILES string of the molecule is CN(c1ccc(F)cc1)c1ncc(C(F)(F)F)c(OC2CCCCC2)n1. The minimum Gasteiger partial charge on any atom is -0.474 e. The minimum atomic E-state index is -4.60. The lowest BCUT2D eigenvalue weighted by atomic mass is 9.98. The Labute approximate surface area is 148 Å². The first-order chi connectivity index (χ1) is 12.3. The lowest BCUT2D eigenvalue weighted by molar-refractivity contribution is -0.140. The molecule has 1 aliphatic carbocycles. The Kier molecular flexibility index (Phi) is 5.29. The zero-order valence-corrected chi connectivity index (χ0v) is 14.3. The monoisotopic (exact) mass is 369 g/mol. The van der Waals surface area contributed by atoms with Crippen LogP contribution in [0.5, 0.6) is 5.88 Å². The van der Waals surface area contributed by atoms with E-state index in [4.69, 9.17) is 4.74 Å². The number of ether oxygens (including phenoxy) is 1. The number of benzene rings is 1. The molecule has 1 aromatic heterocycles. The van der Waals surface area contributed by atoms with Crippen LogP contribution in [0.4, 0.5) is 29.2 Å². The number of aromatic nitrogens is 2. The molecule has 0 saturated heterocycles. The molecule has 0 amide bonds. The van der Waals surface area contributed by atoms with Gasteiger partial charge in [0.05, 0.1) is 0 Å². The Morgan fingerprint density at radius 2 is 1.73 bits per heavy atom. The van der Waals surface area contributed by atoms with E-state index >= 15 is 0 Å². The first-order valence-electron chi connectivity index (χ1n) is 8.45. The van der Waals surface area contributed by atoms with Crippen molar-refractivity contribution in [2.45, 2.75) is 44.4 Å². The van der Waals surface area contributed by atoms with Gasteiger partial charge in [0.15, 0.2) is 0 Å². The van der Waals surface area contributed by atoms with Crippen molar-refractivity contribution >= 4 is 11.6 Å². The van der Waals surface area contributed by atoms with Gasteiger partial charge in [-0.15, -0.1) is 0 Å². The standard InChI is InChI=1S/C18H19F4N3O/c1-25(13-9-7-12(19)8-10-13)17-23-11-15(18(20,21)22)16(24-17)26-14-5-3-2-4-6-14/h7-11,14H,2-6H2,1H3. The van der Waals surface area contributed by atoms with E-state index < -0.39 is 23.4 Å². The normalized spacial score (nSPS) is 15.7. The fourth-order valence-corrected chi connectivity index (χ4v) is 2.92. The van der Waals surface area contributed by atoms with Crippen LogP contribution in [0.25, 0.3) is 0 Å². The average molecular weight is 369 g/mol. The summed E-state index contributed by atoms with van der Waals surface area (Å²) in [4.78, 5) is 9.31. The van der Waals surface area contributed by atoms with Gasteiger partial charge in [0.1, 0.15) is 17.5 Å². The van der Waals surface area contributed by atoms with E-state index in [1.54, 1.807) is 7.05 Å². The molecule has 0 radical (unpaired) electrons. The molecule has 0 spiro atoms. The van der Waals surface area contributed by atoms with Crippen molar-refractivity contribution < 1.29 is 22.3 Å². The van der Waals surface area contributed by atoms with Crippen LogP contribution in [-0.2, 0) is 6.18 Å². The van der Waals surface area contributed by atoms with Gasteiger partial charge in [-0.05, 0) is 49.9 Å². The van der Waals surface area contributed by atoms with Crippen LogP contribution < -0.4 is 9.64 Å². The van der Waals surface area contributed by atoms with Gasteiger partial charge in [-0.1, -0.05) is 6.42 Å². The van der Waals surface area contributed by atoms with Crippen LogP contribution in [-0.4, -0.2) is 23.1 Å². The number of nitrogens with zero attached hydrogens (tertiary/aromatic N) is 3. The smallest absolute Gasteiger partial charge is 0.423 e. The van der Waals surface area contributed by atoms with Crippen molar-refractivity contribution in [3.8, 4) is 5.88 Å². The second-order valence-electron chi connectivity index (χ2n) is 6.30. The van der Waals surface area contributed by atoms with Gasteiger partial charge in [0, 0.05) is 18.9 Å². The summed E-state index contributed by atoms with van der Waals surface area (Å²) in [6, 6.07) is 5.51. The zero-order chi connectivity index (χ0) is 18.7. The molecule has 0 unspecified atom stereocenters. The topological polar surface area (TPSA) is 38.2 Å². The van der Waals surface area contributed by atoms with E-state index in [0.717, 1.165) is 25.5 Å². The van der Waals surface area contributed by atoms with Crippen LogP contribution in [0.2, 0.25) is 0 Å². The highest BCUT2D eigenvalue weighted by molar-refractivity contribution is 5.56. The predicted octanol–water partition coefficient (Wildman–Crippen LogP) is 5.11. The highest BCUT2D eigenvalue weighted by Gasteiger charge is 2.37. The molecule has 0 bridgehead atoms. The molecule has 26 heavy (non-hydrogen) atoms. The summed E-state index contributed by atoms with van der Waals surface area (Å²) in [6.45, 7) is 0. The summed E-state index contributed by atoms with van der Waals surface area (Å²) in [7, 11) is 1.60. The van der Waals surface area contributed by atoms with Crippen molar-refractivity contribution in [3.05, 3.63) is 41.8 Å². The fourth-order valence-electron chi connectivity index (χ4n) is 2.92. The molecule has 3 rings (SSSR count). The number of hydrogen-bond acceptors (Lipinski definition) is 4. The van der Waals surface area contributed by atoms with Crippen LogP contribution >= 0.6 is 0 Å². The maximum absolute atomic E-state index is 13.3. The number of alkyl halides is 3.